The first-order valence-electron chi connectivity index (χ1n) is 12.3. The Balaban J connectivity index is 1.36. The zero-order valence-electron chi connectivity index (χ0n) is 20.9. The number of ether oxygens (including phenoxy) is 2. The molecule has 9 heteroatoms. The van der Waals surface area contributed by atoms with E-state index in [9.17, 15) is 13.2 Å². The lowest BCUT2D eigenvalue weighted by Gasteiger charge is -2.17. The Hall–Kier alpha value is -3.56. The summed E-state index contributed by atoms with van der Waals surface area (Å²) in [6, 6.07) is 14.2. The van der Waals surface area contributed by atoms with Crippen LogP contribution in [0.1, 0.15) is 37.3 Å². The van der Waals surface area contributed by atoms with Crippen molar-refractivity contribution >= 4 is 27.2 Å². The highest BCUT2D eigenvalue weighted by Crippen LogP contribution is 2.37. The maximum atomic E-state index is 13.3. The minimum atomic E-state index is -3.63. The van der Waals surface area contributed by atoms with Gasteiger partial charge in [0.2, 0.25) is 10.0 Å². The van der Waals surface area contributed by atoms with Crippen LogP contribution in [-0.2, 0) is 28.0 Å². The summed E-state index contributed by atoms with van der Waals surface area (Å²) < 4.78 is 46.8. The largest absolute Gasteiger partial charge is 0.491 e. The molecule has 194 valence electrons. The predicted octanol–water partition coefficient (Wildman–Crippen LogP) is 4.98. The smallest absolute Gasteiger partial charge is 0.243 e. The topological polar surface area (TPSA) is 91.0 Å². The fraction of sp³-hybridized carbons (Fsp3) is 0.321. The van der Waals surface area contributed by atoms with E-state index in [1.165, 1.54) is 0 Å². The minimum Gasteiger partial charge on any atom is -0.491 e. The number of carbonyl (C=O) groups is 1. The van der Waals surface area contributed by atoms with Crippen molar-refractivity contribution in [3.63, 3.8) is 0 Å². The maximum absolute atomic E-state index is 13.3. The van der Waals surface area contributed by atoms with E-state index in [2.05, 4.69) is 0 Å². The van der Waals surface area contributed by atoms with E-state index in [1.54, 1.807) is 41.1 Å². The Morgan fingerprint density at radius 3 is 2.59 bits per heavy atom. The van der Waals surface area contributed by atoms with Crippen LogP contribution < -0.4 is 9.47 Å². The number of benzene rings is 2. The minimum absolute atomic E-state index is 0.0160. The highest BCUT2D eigenvalue weighted by atomic mass is 32.2. The Kier molecular flexibility index (Phi) is 7.08. The molecule has 8 nitrogen and oxygen atoms in total. The molecule has 0 spiro atoms. The summed E-state index contributed by atoms with van der Waals surface area (Å²) in [6.07, 6.45) is 6.79. The molecular weight excluding hydrogens is 492 g/mol. The zero-order valence-corrected chi connectivity index (χ0v) is 21.7. The number of rotatable bonds is 10. The molecule has 0 aliphatic carbocycles. The lowest BCUT2D eigenvalue weighted by atomic mass is 9.98. The van der Waals surface area contributed by atoms with Crippen LogP contribution in [0.2, 0.25) is 0 Å². The Morgan fingerprint density at radius 1 is 1.11 bits per heavy atom. The molecule has 0 bridgehead atoms. The molecule has 0 N–H and O–H groups in total. The lowest BCUT2D eigenvalue weighted by Crippen LogP contribution is -2.28. The number of furan rings is 1. The van der Waals surface area contributed by atoms with Gasteiger partial charge in [0.05, 0.1) is 35.6 Å². The number of hydrogen-bond donors (Lipinski definition) is 0. The second-order valence-electron chi connectivity index (χ2n) is 9.49. The van der Waals surface area contributed by atoms with Crippen molar-refractivity contribution in [2.24, 2.45) is 0 Å². The third-order valence-corrected chi connectivity index (χ3v) is 8.44. The first-order valence-corrected chi connectivity index (χ1v) is 13.8. The van der Waals surface area contributed by atoms with Gasteiger partial charge in [0.1, 0.15) is 24.4 Å². The van der Waals surface area contributed by atoms with Gasteiger partial charge in [-0.15, -0.1) is 0 Å². The van der Waals surface area contributed by atoms with Crippen LogP contribution in [-0.4, -0.2) is 42.8 Å². The number of sulfonamides is 1. The van der Waals surface area contributed by atoms with Crippen LogP contribution in [0, 0.1) is 0 Å². The van der Waals surface area contributed by atoms with Crippen molar-refractivity contribution in [2.45, 2.75) is 50.3 Å². The van der Waals surface area contributed by atoms with Gasteiger partial charge in [0.25, 0.3) is 0 Å². The van der Waals surface area contributed by atoms with Crippen LogP contribution in [0.5, 0.6) is 11.5 Å². The van der Waals surface area contributed by atoms with Crippen LogP contribution >= 0.6 is 0 Å². The van der Waals surface area contributed by atoms with Crippen molar-refractivity contribution in [2.75, 3.05) is 13.1 Å². The first-order chi connectivity index (χ1) is 17.8. The molecular formula is C28H30N2O6S. The van der Waals surface area contributed by atoms with Crippen LogP contribution in [0.4, 0.5) is 0 Å². The van der Waals surface area contributed by atoms with E-state index in [0.29, 0.717) is 37.6 Å². The lowest BCUT2D eigenvalue weighted by molar-refractivity contribution is -0.108. The molecule has 5 rings (SSSR count). The fourth-order valence-electron chi connectivity index (χ4n) is 4.80. The molecule has 1 unspecified atom stereocenters. The quantitative estimate of drug-likeness (QED) is 0.273. The van der Waals surface area contributed by atoms with E-state index >= 15 is 0 Å². The SMILES string of the molecule is CC(C)Oc1ccc(S(=O)(=O)N2CCC(c3cn(CC=O)c4cc(OCc5ccoc5)ccc34)C2)cc1. The van der Waals surface area contributed by atoms with Gasteiger partial charge in [-0.2, -0.15) is 4.31 Å². The summed E-state index contributed by atoms with van der Waals surface area (Å²) in [6.45, 7) is 5.26. The van der Waals surface area contributed by atoms with Gasteiger partial charge >= 0.3 is 0 Å². The second-order valence-corrected chi connectivity index (χ2v) is 11.4. The predicted molar refractivity (Wildman–Crippen MR) is 139 cm³/mol. The van der Waals surface area contributed by atoms with Crippen LogP contribution in [0.15, 0.2) is 76.6 Å². The van der Waals surface area contributed by atoms with Crippen molar-refractivity contribution in [1.29, 1.82) is 0 Å². The molecule has 1 aliphatic rings. The third kappa shape index (κ3) is 5.28. The molecule has 1 aliphatic heterocycles. The van der Waals surface area contributed by atoms with E-state index in [-0.39, 0.29) is 23.5 Å². The fourth-order valence-corrected chi connectivity index (χ4v) is 6.30. The number of fused-ring (bicyclic) bond motifs is 1. The molecule has 1 saturated heterocycles. The normalized spacial score (nSPS) is 16.5. The number of aldehydes is 1. The number of nitrogens with zero attached hydrogens (tertiary/aromatic N) is 2. The zero-order chi connectivity index (χ0) is 26.0. The first kappa shape index (κ1) is 25.1. The summed E-state index contributed by atoms with van der Waals surface area (Å²) in [5, 5.41) is 0.997. The second kappa shape index (κ2) is 10.4. The summed E-state index contributed by atoms with van der Waals surface area (Å²) in [5.74, 6) is 1.35. The van der Waals surface area contributed by atoms with Crippen molar-refractivity contribution in [3.8, 4) is 11.5 Å². The van der Waals surface area contributed by atoms with Gasteiger partial charge in [-0.3, -0.25) is 0 Å². The highest BCUT2D eigenvalue weighted by Gasteiger charge is 2.34. The van der Waals surface area contributed by atoms with Crippen molar-refractivity contribution in [1.82, 2.24) is 8.87 Å². The van der Waals surface area contributed by atoms with Gasteiger partial charge < -0.3 is 23.3 Å². The van der Waals surface area contributed by atoms with E-state index in [0.717, 1.165) is 28.3 Å². The third-order valence-electron chi connectivity index (χ3n) is 6.57. The molecule has 2 aromatic carbocycles. The van der Waals surface area contributed by atoms with Gasteiger partial charge in [0.15, 0.2) is 0 Å². The summed E-state index contributed by atoms with van der Waals surface area (Å²) in [5.41, 5.74) is 2.85. The molecule has 0 amide bonds. The number of carbonyl (C=O) groups excluding carboxylic acids is 1. The average molecular weight is 523 g/mol. The Morgan fingerprint density at radius 2 is 1.89 bits per heavy atom. The van der Waals surface area contributed by atoms with E-state index < -0.39 is 10.0 Å². The van der Waals surface area contributed by atoms with E-state index in [1.807, 2.05) is 48.9 Å². The highest BCUT2D eigenvalue weighted by molar-refractivity contribution is 7.89. The number of hydrogen-bond acceptors (Lipinski definition) is 6. The Bertz CT molecular complexity index is 1470. The Labute approximate surface area is 216 Å². The molecule has 4 aromatic rings. The standard InChI is InChI=1S/C28H30N2O6S/c1-20(2)36-23-3-6-25(7-4-23)37(32,33)30-11-9-22(16-30)27-17-29(12-13-31)28-15-24(5-8-26(27)28)35-19-21-10-14-34-18-21/h3-8,10,13-15,17-18,20,22H,9,11-12,16,19H2,1-2H3. The van der Waals surface area contributed by atoms with Crippen molar-refractivity contribution in [3.05, 3.63) is 78.4 Å². The van der Waals surface area contributed by atoms with Gasteiger partial charge in [-0.05, 0) is 68.3 Å². The molecule has 0 radical (unpaired) electrons. The summed E-state index contributed by atoms with van der Waals surface area (Å²) in [4.78, 5) is 11.6. The molecule has 1 fully saturated rings. The van der Waals surface area contributed by atoms with Crippen molar-refractivity contribution < 1.29 is 27.1 Å². The molecule has 37 heavy (non-hydrogen) atoms. The van der Waals surface area contributed by atoms with Crippen LogP contribution in [0.25, 0.3) is 10.9 Å². The maximum Gasteiger partial charge on any atom is 0.243 e. The monoisotopic (exact) mass is 522 g/mol. The van der Waals surface area contributed by atoms with Gasteiger partial charge in [-0.25, -0.2) is 8.42 Å². The molecule has 1 atom stereocenters. The van der Waals surface area contributed by atoms with E-state index in [4.69, 9.17) is 13.9 Å². The molecule has 2 aromatic heterocycles. The van der Waals surface area contributed by atoms with Gasteiger partial charge in [-0.1, -0.05) is 0 Å². The average Bonchev–Trinajstić information content (AvgIpc) is 3.64. The molecule has 0 saturated carbocycles. The summed E-state index contributed by atoms with van der Waals surface area (Å²) in [7, 11) is -3.63. The van der Waals surface area contributed by atoms with Crippen LogP contribution in [0.3, 0.4) is 0 Å². The van der Waals surface area contributed by atoms with Gasteiger partial charge in [0, 0.05) is 42.2 Å². The summed E-state index contributed by atoms with van der Waals surface area (Å²) >= 11 is 0. The number of aromatic nitrogens is 1. The molecule has 3 heterocycles.